The van der Waals surface area contributed by atoms with E-state index in [1.165, 1.54) is 0 Å². The first kappa shape index (κ1) is 10.6. The fourth-order valence-corrected chi connectivity index (χ4v) is 2.26. The predicted octanol–water partition coefficient (Wildman–Crippen LogP) is 2.21. The normalized spacial score (nSPS) is 12.4. The first-order chi connectivity index (χ1) is 6.27. The van der Waals surface area contributed by atoms with Crippen LogP contribution in [0.4, 0.5) is 0 Å². The zero-order chi connectivity index (χ0) is 9.68. The molecular formula is C8H10BrN3S. The van der Waals surface area contributed by atoms with E-state index in [9.17, 15) is 0 Å². The van der Waals surface area contributed by atoms with Crippen molar-refractivity contribution in [1.82, 2.24) is 10.3 Å². The van der Waals surface area contributed by atoms with E-state index < -0.39 is 0 Å². The van der Waals surface area contributed by atoms with Gasteiger partial charge in [-0.2, -0.15) is 5.26 Å². The monoisotopic (exact) mass is 259 g/mol. The predicted molar refractivity (Wildman–Crippen MR) is 56.8 cm³/mol. The van der Waals surface area contributed by atoms with E-state index in [4.69, 9.17) is 5.26 Å². The molecule has 1 aromatic rings. The average molecular weight is 260 g/mol. The van der Waals surface area contributed by atoms with Crippen molar-refractivity contribution in [2.75, 3.05) is 7.05 Å². The molecule has 0 amide bonds. The van der Waals surface area contributed by atoms with Crippen LogP contribution >= 0.6 is 27.3 Å². The number of alkyl halides is 1. The summed E-state index contributed by atoms with van der Waals surface area (Å²) in [5, 5.41) is 14.5. The summed E-state index contributed by atoms with van der Waals surface area (Å²) in [5.74, 6) is 0. The lowest BCUT2D eigenvalue weighted by molar-refractivity contribution is 0.790. The molecule has 5 heteroatoms. The summed E-state index contributed by atoms with van der Waals surface area (Å²) < 4.78 is 0. The quantitative estimate of drug-likeness (QED) is 0.844. The number of aromatic nitrogens is 1. The van der Waals surface area contributed by atoms with Crippen LogP contribution in [-0.2, 0) is 6.54 Å². The molecule has 3 nitrogen and oxygen atoms in total. The van der Waals surface area contributed by atoms with E-state index in [1.807, 2.05) is 12.4 Å². The van der Waals surface area contributed by atoms with Crippen molar-refractivity contribution in [3.63, 3.8) is 0 Å². The standard InChI is InChI=1S/C8H10BrN3S/c1-11-4-6-5-13-8(12-6)7(9)2-3-10/h5,7,11H,2,4H2,1H3. The maximum absolute atomic E-state index is 8.49. The maximum Gasteiger partial charge on any atom is 0.108 e. The van der Waals surface area contributed by atoms with Crippen molar-refractivity contribution in [1.29, 1.82) is 5.26 Å². The van der Waals surface area contributed by atoms with Gasteiger partial charge in [-0.15, -0.1) is 11.3 Å². The molecule has 1 N–H and O–H groups in total. The Morgan fingerprint density at radius 2 is 2.62 bits per heavy atom. The van der Waals surface area contributed by atoms with Gasteiger partial charge < -0.3 is 5.32 Å². The lowest BCUT2D eigenvalue weighted by atomic mass is 10.3. The summed E-state index contributed by atoms with van der Waals surface area (Å²) in [7, 11) is 1.89. The van der Waals surface area contributed by atoms with Crippen molar-refractivity contribution in [3.8, 4) is 6.07 Å². The summed E-state index contributed by atoms with van der Waals surface area (Å²) in [6, 6.07) is 2.11. The van der Waals surface area contributed by atoms with Gasteiger partial charge in [-0.25, -0.2) is 4.98 Å². The Balaban J connectivity index is 2.63. The molecule has 0 bridgehead atoms. The molecule has 1 unspecified atom stereocenters. The molecular weight excluding hydrogens is 250 g/mol. The van der Waals surface area contributed by atoms with Crippen molar-refractivity contribution < 1.29 is 0 Å². The Hall–Kier alpha value is -0.440. The number of nitrogens with one attached hydrogen (secondary N) is 1. The lowest BCUT2D eigenvalue weighted by Crippen LogP contribution is -2.05. The van der Waals surface area contributed by atoms with Gasteiger partial charge in [0, 0.05) is 11.9 Å². The van der Waals surface area contributed by atoms with Crippen molar-refractivity contribution in [3.05, 3.63) is 16.1 Å². The lowest BCUT2D eigenvalue weighted by Gasteiger charge is -1.98. The minimum absolute atomic E-state index is 0.0770. The molecule has 1 atom stereocenters. The highest BCUT2D eigenvalue weighted by atomic mass is 79.9. The van der Waals surface area contributed by atoms with Crippen molar-refractivity contribution in [2.24, 2.45) is 0 Å². The smallest absolute Gasteiger partial charge is 0.108 e. The highest BCUT2D eigenvalue weighted by Gasteiger charge is 2.10. The minimum atomic E-state index is 0.0770. The second-order valence-corrected chi connectivity index (χ2v) is 4.53. The number of nitriles is 1. The Morgan fingerprint density at radius 3 is 3.23 bits per heavy atom. The summed E-state index contributed by atoms with van der Waals surface area (Å²) in [6.07, 6.45) is 0.465. The van der Waals surface area contributed by atoms with E-state index in [0.29, 0.717) is 6.42 Å². The van der Waals surface area contributed by atoms with Crippen LogP contribution in [0.1, 0.15) is 21.9 Å². The van der Waals surface area contributed by atoms with Gasteiger partial charge in [0.15, 0.2) is 0 Å². The topological polar surface area (TPSA) is 48.7 Å². The van der Waals surface area contributed by atoms with Crippen LogP contribution in [-0.4, -0.2) is 12.0 Å². The Bertz CT molecular complexity index is 305. The molecule has 0 fully saturated rings. The molecule has 1 aromatic heterocycles. The van der Waals surface area contributed by atoms with Gasteiger partial charge in [0.1, 0.15) is 5.01 Å². The molecule has 0 spiro atoms. The third-order valence-electron chi connectivity index (χ3n) is 1.47. The number of nitrogens with zero attached hydrogens (tertiary/aromatic N) is 2. The largest absolute Gasteiger partial charge is 0.314 e. The Kier molecular flexibility index (Phi) is 4.36. The molecule has 0 aliphatic carbocycles. The van der Waals surface area contributed by atoms with Crippen LogP contribution in [0.25, 0.3) is 0 Å². The summed E-state index contributed by atoms with van der Waals surface area (Å²) in [4.78, 5) is 4.45. The molecule has 0 aliphatic rings. The summed E-state index contributed by atoms with van der Waals surface area (Å²) in [5.41, 5.74) is 1.03. The van der Waals surface area contributed by atoms with E-state index in [2.05, 4.69) is 32.3 Å². The third kappa shape index (κ3) is 3.07. The van der Waals surface area contributed by atoms with Crippen LogP contribution < -0.4 is 5.32 Å². The number of hydrogen-bond acceptors (Lipinski definition) is 4. The molecule has 1 heterocycles. The maximum atomic E-state index is 8.49. The average Bonchev–Trinajstić information content (AvgIpc) is 2.54. The van der Waals surface area contributed by atoms with Gasteiger partial charge in [-0.05, 0) is 7.05 Å². The van der Waals surface area contributed by atoms with Crippen molar-refractivity contribution >= 4 is 27.3 Å². The van der Waals surface area contributed by atoms with Gasteiger partial charge >= 0.3 is 0 Å². The van der Waals surface area contributed by atoms with E-state index in [-0.39, 0.29) is 4.83 Å². The second-order valence-electron chi connectivity index (χ2n) is 2.54. The van der Waals surface area contributed by atoms with Crippen LogP contribution in [0.5, 0.6) is 0 Å². The molecule has 0 aliphatic heterocycles. The highest BCUT2D eigenvalue weighted by molar-refractivity contribution is 9.09. The molecule has 0 saturated heterocycles. The fourth-order valence-electron chi connectivity index (χ4n) is 0.896. The van der Waals surface area contributed by atoms with Gasteiger partial charge in [0.05, 0.1) is 23.0 Å². The molecule has 0 saturated carbocycles. The first-order valence-corrected chi connectivity index (χ1v) is 5.67. The van der Waals surface area contributed by atoms with Gasteiger partial charge in [-0.3, -0.25) is 0 Å². The molecule has 0 aromatic carbocycles. The van der Waals surface area contributed by atoms with Crippen LogP contribution in [0.3, 0.4) is 0 Å². The van der Waals surface area contributed by atoms with Crippen LogP contribution in [0, 0.1) is 11.3 Å². The summed E-state index contributed by atoms with van der Waals surface area (Å²) in [6.45, 7) is 0.781. The van der Waals surface area contributed by atoms with Gasteiger partial charge in [0.2, 0.25) is 0 Å². The van der Waals surface area contributed by atoms with E-state index >= 15 is 0 Å². The molecule has 0 radical (unpaired) electrons. The minimum Gasteiger partial charge on any atom is -0.314 e. The Labute approximate surface area is 89.9 Å². The number of thiazole rings is 1. The van der Waals surface area contributed by atoms with E-state index in [1.54, 1.807) is 11.3 Å². The third-order valence-corrected chi connectivity index (χ3v) is 3.53. The SMILES string of the molecule is CNCc1csc(C(Br)CC#N)n1. The Morgan fingerprint density at radius 1 is 1.85 bits per heavy atom. The molecule has 1 rings (SSSR count). The van der Waals surface area contributed by atoms with Gasteiger partial charge in [-0.1, -0.05) is 15.9 Å². The fraction of sp³-hybridized carbons (Fsp3) is 0.500. The van der Waals surface area contributed by atoms with Gasteiger partial charge in [0.25, 0.3) is 0 Å². The first-order valence-electron chi connectivity index (χ1n) is 3.88. The highest BCUT2D eigenvalue weighted by Crippen LogP contribution is 2.28. The number of hydrogen-bond donors (Lipinski definition) is 1. The van der Waals surface area contributed by atoms with Crippen LogP contribution in [0.15, 0.2) is 5.38 Å². The number of halogens is 1. The zero-order valence-corrected chi connectivity index (χ0v) is 9.65. The van der Waals surface area contributed by atoms with E-state index in [0.717, 1.165) is 17.2 Å². The van der Waals surface area contributed by atoms with Crippen molar-refractivity contribution in [2.45, 2.75) is 17.8 Å². The zero-order valence-electron chi connectivity index (χ0n) is 7.25. The molecule has 70 valence electrons. The summed E-state index contributed by atoms with van der Waals surface area (Å²) >= 11 is 5.00. The van der Waals surface area contributed by atoms with Crippen LogP contribution in [0.2, 0.25) is 0 Å². The second kappa shape index (κ2) is 5.32. The number of rotatable bonds is 4. The molecule has 13 heavy (non-hydrogen) atoms.